The first-order chi connectivity index (χ1) is 8.10. The van der Waals surface area contributed by atoms with Crippen molar-refractivity contribution in [1.29, 1.82) is 0 Å². The number of thiazole rings is 1. The first-order valence-corrected chi connectivity index (χ1v) is 7.40. The van der Waals surface area contributed by atoms with E-state index < -0.39 is 0 Å². The summed E-state index contributed by atoms with van der Waals surface area (Å²) in [5.41, 5.74) is 0.991. The molecule has 2 aromatic rings. The number of thiophene rings is 1. The molecule has 0 aromatic carbocycles. The molecule has 0 aliphatic carbocycles. The van der Waals surface area contributed by atoms with Crippen LogP contribution in [0.25, 0.3) is 10.6 Å². The molecule has 0 spiro atoms. The summed E-state index contributed by atoms with van der Waals surface area (Å²) in [5.74, 6) is 0.150. The number of carbonyl (C=O) groups is 1. The quantitative estimate of drug-likeness (QED) is 0.842. The number of hydrogen-bond acceptors (Lipinski definition) is 4. The maximum absolute atomic E-state index is 11.1. The monoisotopic (exact) mass is 285 g/mol. The molecule has 0 aliphatic heterocycles. The molecule has 2 nitrogen and oxygen atoms in total. The fourth-order valence-electron chi connectivity index (χ4n) is 1.56. The van der Waals surface area contributed by atoms with Crippen LogP contribution in [-0.2, 0) is 17.6 Å². The maximum atomic E-state index is 11.1. The van der Waals surface area contributed by atoms with Gasteiger partial charge >= 0.3 is 0 Å². The van der Waals surface area contributed by atoms with Crippen molar-refractivity contribution in [3.05, 3.63) is 26.4 Å². The lowest BCUT2D eigenvalue weighted by Gasteiger charge is -1.94. The standard InChI is InChI=1S/C12H12ClNOS2/c1-3-9-12(10-5-8(13)6-16-10)14-11(17-9)4-7(2)15/h5-6H,3-4H2,1-2H3. The van der Waals surface area contributed by atoms with Crippen molar-refractivity contribution >= 4 is 40.1 Å². The summed E-state index contributed by atoms with van der Waals surface area (Å²) < 4.78 is 0. The lowest BCUT2D eigenvalue weighted by atomic mass is 10.2. The maximum Gasteiger partial charge on any atom is 0.136 e. The van der Waals surface area contributed by atoms with Crippen molar-refractivity contribution < 1.29 is 4.79 Å². The molecule has 0 amide bonds. The second kappa shape index (κ2) is 5.29. The number of nitrogens with zero attached hydrogens (tertiary/aromatic N) is 1. The molecule has 0 unspecified atom stereocenters. The van der Waals surface area contributed by atoms with E-state index in [2.05, 4.69) is 11.9 Å². The minimum Gasteiger partial charge on any atom is -0.300 e. The van der Waals surface area contributed by atoms with Crippen LogP contribution in [0.4, 0.5) is 0 Å². The van der Waals surface area contributed by atoms with E-state index in [9.17, 15) is 4.79 Å². The Kier molecular flexibility index (Phi) is 3.97. The van der Waals surface area contributed by atoms with Crippen LogP contribution in [0, 0.1) is 0 Å². The lowest BCUT2D eigenvalue weighted by Crippen LogP contribution is -1.94. The molecule has 5 heteroatoms. The highest BCUT2D eigenvalue weighted by atomic mass is 35.5. The molecule has 90 valence electrons. The Labute approximate surface area is 113 Å². The van der Waals surface area contributed by atoms with Gasteiger partial charge in [0.2, 0.25) is 0 Å². The van der Waals surface area contributed by atoms with E-state index in [1.54, 1.807) is 29.6 Å². The van der Waals surface area contributed by atoms with E-state index in [-0.39, 0.29) is 5.78 Å². The molecule has 0 aliphatic rings. The zero-order chi connectivity index (χ0) is 12.4. The Morgan fingerprint density at radius 3 is 2.82 bits per heavy atom. The number of hydrogen-bond donors (Lipinski definition) is 0. The van der Waals surface area contributed by atoms with Crippen molar-refractivity contribution in [2.45, 2.75) is 26.7 Å². The van der Waals surface area contributed by atoms with Crippen LogP contribution in [0.5, 0.6) is 0 Å². The minimum absolute atomic E-state index is 0.150. The fraction of sp³-hybridized carbons (Fsp3) is 0.333. The first-order valence-electron chi connectivity index (χ1n) is 5.32. The fourth-order valence-corrected chi connectivity index (χ4v) is 3.81. The third-order valence-electron chi connectivity index (χ3n) is 2.26. The summed E-state index contributed by atoms with van der Waals surface area (Å²) in [4.78, 5) is 18.0. The average molecular weight is 286 g/mol. The minimum atomic E-state index is 0.150. The molecule has 0 saturated carbocycles. The molecule has 17 heavy (non-hydrogen) atoms. The summed E-state index contributed by atoms with van der Waals surface area (Å²) in [6, 6.07) is 1.93. The third kappa shape index (κ3) is 2.94. The van der Waals surface area contributed by atoms with Crippen LogP contribution < -0.4 is 0 Å². The van der Waals surface area contributed by atoms with Crippen LogP contribution >= 0.6 is 34.3 Å². The molecule has 2 heterocycles. The van der Waals surface area contributed by atoms with Gasteiger partial charge in [0, 0.05) is 10.3 Å². The normalized spacial score (nSPS) is 10.8. The van der Waals surface area contributed by atoms with Gasteiger partial charge in [-0.15, -0.1) is 22.7 Å². The van der Waals surface area contributed by atoms with E-state index in [4.69, 9.17) is 11.6 Å². The van der Waals surface area contributed by atoms with Crippen molar-refractivity contribution in [2.75, 3.05) is 0 Å². The highest BCUT2D eigenvalue weighted by Gasteiger charge is 2.14. The molecule has 0 atom stereocenters. The second-order valence-electron chi connectivity index (χ2n) is 3.74. The van der Waals surface area contributed by atoms with Gasteiger partial charge < -0.3 is 0 Å². The van der Waals surface area contributed by atoms with Crippen molar-refractivity contribution in [3.8, 4) is 10.6 Å². The topological polar surface area (TPSA) is 30.0 Å². The van der Waals surface area contributed by atoms with Gasteiger partial charge in [0.05, 0.1) is 22.0 Å². The van der Waals surface area contributed by atoms with Crippen LogP contribution in [0.1, 0.15) is 23.7 Å². The number of Topliss-reactive ketones (excluding diaryl/α,β-unsaturated/α-hetero) is 1. The SMILES string of the molecule is CCc1sc(CC(C)=O)nc1-c1cc(Cl)cs1. The molecule has 0 radical (unpaired) electrons. The highest BCUT2D eigenvalue weighted by molar-refractivity contribution is 7.15. The van der Waals surface area contributed by atoms with Gasteiger partial charge in [0.15, 0.2) is 0 Å². The lowest BCUT2D eigenvalue weighted by molar-refractivity contribution is -0.116. The van der Waals surface area contributed by atoms with Gasteiger partial charge in [0.25, 0.3) is 0 Å². The number of aromatic nitrogens is 1. The second-order valence-corrected chi connectivity index (χ2v) is 6.26. The van der Waals surface area contributed by atoms with E-state index in [0.717, 1.165) is 27.0 Å². The van der Waals surface area contributed by atoms with Crippen LogP contribution in [-0.4, -0.2) is 10.8 Å². The van der Waals surface area contributed by atoms with Gasteiger partial charge in [-0.2, -0.15) is 0 Å². The van der Waals surface area contributed by atoms with Gasteiger partial charge in [0.1, 0.15) is 10.8 Å². The highest BCUT2D eigenvalue weighted by Crippen LogP contribution is 2.34. The number of carbonyl (C=O) groups excluding carboxylic acids is 1. The summed E-state index contributed by atoms with van der Waals surface area (Å²) in [6.07, 6.45) is 1.36. The zero-order valence-corrected chi connectivity index (χ0v) is 12.0. The molecule has 2 rings (SSSR count). The Balaban J connectivity index is 2.39. The van der Waals surface area contributed by atoms with Crippen LogP contribution in [0.3, 0.4) is 0 Å². The predicted octanol–water partition coefficient (Wildman–Crippen LogP) is 4.22. The molecule has 2 aromatic heterocycles. The smallest absolute Gasteiger partial charge is 0.136 e. The molecule has 0 fully saturated rings. The zero-order valence-electron chi connectivity index (χ0n) is 9.62. The molecule has 0 bridgehead atoms. The molecule has 0 N–H and O–H groups in total. The van der Waals surface area contributed by atoms with E-state index >= 15 is 0 Å². The van der Waals surface area contributed by atoms with Crippen molar-refractivity contribution in [1.82, 2.24) is 4.98 Å². The number of ketones is 1. The number of halogens is 1. The number of rotatable bonds is 4. The van der Waals surface area contributed by atoms with Crippen molar-refractivity contribution in [2.24, 2.45) is 0 Å². The summed E-state index contributed by atoms with van der Waals surface area (Å²) in [7, 11) is 0. The van der Waals surface area contributed by atoms with E-state index in [1.807, 2.05) is 11.4 Å². The average Bonchev–Trinajstić information content (AvgIpc) is 2.83. The van der Waals surface area contributed by atoms with E-state index in [1.165, 1.54) is 4.88 Å². The van der Waals surface area contributed by atoms with Crippen LogP contribution in [0.15, 0.2) is 11.4 Å². The Hall–Kier alpha value is -0.710. The molecular formula is C12H12ClNOS2. The van der Waals surface area contributed by atoms with E-state index in [0.29, 0.717) is 6.42 Å². The largest absolute Gasteiger partial charge is 0.300 e. The Morgan fingerprint density at radius 2 is 2.29 bits per heavy atom. The number of aryl methyl sites for hydroxylation is 1. The predicted molar refractivity (Wildman–Crippen MR) is 74.2 cm³/mol. The van der Waals surface area contributed by atoms with Gasteiger partial charge in [-0.05, 0) is 19.4 Å². The Bertz CT molecular complexity index is 544. The van der Waals surface area contributed by atoms with Crippen molar-refractivity contribution in [3.63, 3.8) is 0 Å². The summed E-state index contributed by atoms with van der Waals surface area (Å²) in [6.45, 7) is 3.69. The summed E-state index contributed by atoms with van der Waals surface area (Å²) in [5, 5.41) is 3.54. The molecular weight excluding hydrogens is 274 g/mol. The van der Waals surface area contributed by atoms with Gasteiger partial charge in [-0.1, -0.05) is 18.5 Å². The van der Waals surface area contributed by atoms with Gasteiger partial charge in [-0.25, -0.2) is 4.98 Å². The summed E-state index contributed by atoms with van der Waals surface area (Å²) >= 11 is 9.14. The van der Waals surface area contributed by atoms with Crippen LogP contribution in [0.2, 0.25) is 5.02 Å². The molecule has 0 saturated heterocycles. The first kappa shape index (κ1) is 12.7. The third-order valence-corrected chi connectivity index (χ3v) is 4.75. The Morgan fingerprint density at radius 1 is 1.53 bits per heavy atom. The van der Waals surface area contributed by atoms with Gasteiger partial charge in [-0.3, -0.25) is 4.79 Å².